The van der Waals surface area contributed by atoms with E-state index in [-0.39, 0.29) is 11.6 Å². The van der Waals surface area contributed by atoms with Gasteiger partial charge in [0.2, 0.25) is 0 Å². The van der Waals surface area contributed by atoms with Crippen LogP contribution in [0.1, 0.15) is 56.2 Å². The molecule has 2 N–H and O–H groups in total. The molecule has 2 nitrogen and oxygen atoms in total. The number of hydrogen-bond donors (Lipinski definition) is 1. The molecule has 1 aromatic rings. The molecule has 1 aliphatic carbocycles. The van der Waals surface area contributed by atoms with E-state index in [1.54, 1.807) is 11.1 Å². The van der Waals surface area contributed by atoms with Gasteiger partial charge >= 0.3 is 0 Å². The first-order valence-electron chi connectivity index (χ1n) is 8.75. The largest absolute Gasteiger partial charge is 0.326 e. The third-order valence-corrected chi connectivity index (χ3v) is 5.96. The van der Waals surface area contributed by atoms with Gasteiger partial charge in [0.1, 0.15) is 0 Å². The van der Waals surface area contributed by atoms with Crippen LogP contribution in [0.25, 0.3) is 0 Å². The van der Waals surface area contributed by atoms with Crippen LogP contribution in [0.3, 0.4) is 0 Å². The van der Waals surface area contributed by atoms with Crippen LogP contribution in [0, 0.1) is 0 Å². The Balaban J connectivity index is 1.73. The number of fused-ring (bicyclic) bond motifs is 1. The van der Waals surface area contributed by atoms with E-state index in [0.717, 1.165) is 12.8 Å². The second kappa shape index (κ2) is 6.10. The Morgan fingerprint density at radius 2 is 1.86 bits per heavy atom. The van der Waals surface area contributed by atoms with Crippen LogP contribution in [-0.4, -0.2) is 29.6 Å². The third kappa shape index (κ3) is 2.89. The third-order valence-electron chi connectivity index (χ3n) is 5.96. The summed E-state index contributed by atoms with van der Waals surface area (Å²) in [5, 5.41) is 0. The molecule has 2 unspecified atom stereocenters. The fraction of sp³-hybridized carbons (Fsp3) is 0.684. The minimum Gasteiger partial charge on any atom is -0.326 e. The molecule has 0 radical (unpaired) electrons. The van der Waals surface area contributed by atoms with Crippen molar-refractivity contribution in [3.05, 3.63) is 34.9 Å². The van der Waals surface area contributed by atoms with Crippen LogP contribution in [0.15, 0.2) is 18.2 Å². The maximum atomic E-state index is 6.68. The van der Waals surface area contributed by atoms with E-state index in [9.17, 15) is 0 Å². The number of rotatable bonds is 5. The summed E-state index contributed by atoms with van der Waals surface area (Å²) in [5.41, 5.74) is 11.4. The topological polar surface area (TPSA) is 29.3 Å². The predicted octanol–water partition coefficient (Wildman–Crippen LogP) is 3.31. The summed E-state index contributed by atoms with van der Waals surface area (Å²) in [6.45, 7) is 7.11. The van der Waals surface area contributed by atoms with Gasteiger partial charge in [-0.1, -0.05) is 25.1 Å². The second-order valence-electron chi connectivity index (χ2n) is 7.17. The molecular formula is C19H30N2. The van der Waals surface area contributed by atoms with Gasteiger partial charge in [0.25, 0.3) is 0 Å². The molecule has 0 saturated carbocycles. The Labute approximate surface area is 129 Å². The van der Waals surface area contributed by atoms with Crippen LogP contribution in [0.5, 0.6) is 0 Å². The number of nitrogens with zero attached hydrogens (tertiary/aromatic N) is 1. The molecule has 2 aliphatic rings. The van der Waals surface area contributed by atoms with Crippen LogP contribution >= 0.6 is 0 Å². The van der Waals surface area contributed by atoms with Crippen molar-refractivity contribution in [1.29, 1.82) is 0 Å². The molecule has 1 aromatic carbocycles. The van der Waals surface area contributed by atoms with Gasteiger partial charge in [-0.3, -0.25) is 4.90 Å². The standard InChI is InChI=1S/C19H30N2/c1-3-19(2,21-11-4-5-12-21)18(20)14-15-9-10-16-7-6-8-17(16)13-15/h9-10,13,18H,3-8,11-12,14,20H2,1-2H3. The van der Waals surface area contributed by atoms with E-state index in [0.29, 0.717) is 0 Å². The summed E-state index contributed by atoms with van der Waals surface area (Å²) in [7, 11) is 0. The smallest absolute Gasteiger partial charge is 0.0332 e. The van der Waals surface area contributed by atoms with Crippen molar-refractivity contribution >= 4 is 0 Å². The van der Waals surface area contributed by atoms with Gasteiger partial charge < -0.3 is 5.73 Å². The molecule has 2 atom stereocenters. The van der Waals surface area contributed by atoms with Crippen molar-refractivity contribution in [3.8, 4) is 0 Å². The van der Waals surface area contributed by atoms with Gasteiger partial charge in [0.15, 0.2) is 0 Å². The minimum absolute atomic E-state index is 0.148. The zero-order chi connectivity index (χ0) is 14.9. The van der Waals surface area contributed by atoms with E-state index in [2.05, 4.69) is 36.9 Å². The first-order valence-corrected chi connectivity index (χ1v) is 8.75. The highest BCUT2D eigenvalue weighted by Crippen LogP contribution is 2.30. The average Bonchev–Trinajstić information content (AvgIpc) is 3.17. The fourth-order valence-electron chi connectivity index (χ4n) is 4.17. The van der Waals surface area contributed by atoms with Crippen LogP contribution < -0.4 is 5.73 Å². The molecule has 116 valence electrons. The molecule has 21 heavy (non-hydrogen) atoms. The molecule has 1 saturated heterocycles. The van der Waals surface area contributed by atoms with Crippen LogP contribution in [-0.2, 0) is 19.3 Å². The quantitative estimate of drug-likeness (QED) is 0.900. The van der Waals surface area contributed by atoms with E-state index < -0.39 is 0 Å². The van der Waals surface area contributed by atoms with Gasteiger partial charge in [-0.25, -0.2) is 0 Å². The van der Waals surface area contributed by atoms with Crippen molar-refractivity contribution in [3.63, 3.8) is 0 Å². The zero-order valence-electron chi connectivity index (χ0n) is 13.7. The molecule has 1 aliphatic heterocycles. The molecule has 3 rings (SSSR count). The summed E-state index contributed by atoms with van der Waals surface area (Å²) in [5.74, 6) is 0. The minimum atomic E-state index is 0.148. The predicted molar refractivity (Wildman–Crippen MR) is 89.6 cm³/mol. The Hall–Kier alpha value is -0.860. The van der Waals surface area contributed by atoms with E-state index in [4.69, 9.17) is 5.73 Å². The summed E-state index contributed by atoms with van der Waals surface area (Å²) in [4.78, 5) is 2.63. The second-order valence-corrected chi connectivity index (χ2v) is 7.17. The molecule has 0 aromatic heterocycles. The number of benzene rings is 1. The number of likely N-dealkylation sites (tertiary alicyclic amines) is 1. The lowest BCUT2D eigenvalue weighted by Gasteiger charge is -2.43. The van der Waals surface area contributed by atoms with Gasteiger partial charge in [0.05, 0.1) is 0 Å². The molecule has 0 bridgehead atoms. The van der Waals surface area contributed by atoms with Crippen molar-refractivity contribution in [1.82, 2.24) is 4.90 Å². The van der Waals surface area contributed by atoms with Crippen molar-refractivity contribution in [2.45, 2.75) is 70.4 Å². The van der Waals surface area contributed by atoms with Gasteiger partial charge in [-0.05, 0) is 81.6 Å². The summed E-state index contributed by atoms with van der Waals surface area (Å²) in [6.07, 6.45) is 8.67. The number of aryl methyl sites for hydroxylation is 2. The van der Waals surface area contributed by atoms with Crippen molar-refractivity contribution in [2.75, 3.05) is 13.1 Å². The summed E-state index contributed by atoms with van der Waals surface area (Å²) in [6, 6.07) is 7.29. The first kappa shape index (κ1) is 15.1. The maximum absolute atomic E-state index is 6.68. The molecule has 0 amide bonds. The molecular weight excluding hydrogens is 256 g/mol. The highest BCUT2D eigenvalue weighted by molar-refractivity contribution is 5.35. The Kier molecular flexibility index (Phi) is 4.37. The molecule has 0 spiro atoms. The van der Waals surface area contributed by atoms with Gasteiger partial charge in [0, 0.05) is 11.6 Å². The van der Waals surface area contributed by atoms with Crippen LogP contribution in [0.4, 0.5) is 0 Å². The van der Waals surface area contributed by atoms with Gasteiger partial charge in [-0.15, -0.1) is 0 Å². The maximum Gasteiger partial charge on any atom is 0.0332 e. The normalized spacial score (nSPS) is 23.0. The van der Waals surface area contributed by atoms with Gasteiger partial charge in [-0.2, -0.15) is 0 Å². The average molecular weight is 286 g/mol. The molecule has 1 fully saturated rings. The van der Waals surface area contributed by atoms with E-state index in [1.165, 1.54) is 50.8 Å². The molecule has 1 heterocycles. The number of hydrogen-bond acceptors (Lipinski definition) is 2. The van der Waals surface area contributed by atoms with Crippen molar-refractivity contribution in [2.24, 2.45) is 5.73 Å². The zero-order valence-corrected chi connectivity index (χ0v) is 13.7. The Bertz CT molecular complexity index is 490. The number of nitrogens with two attached hydrogens (primary N) is 1. The van der Waals surface area contributed by atoms with Crippen LogP contribution in [0.2, 0.25) is 0 Å². The summed E-state index contributed by atoms with van der Waals surface area (Å²) >= 11 is 0. The monoisotopic (exact) mass is 286 g/mol. The lowest BCUT2D eigenvalue weighted by Crippen LogP contribution is -2.57. The van der Waals surface area contributed by atoms with Crippen molar-refractivity contribution < 1.29 is 0 Å². The van der Waals surface area contributed by atoms with E-state index >= 15 is 0 Å². The first-order chi connectivity index (χ1) is 10.1. The molecule has 2 heteroatoms. The Morgan fingerprint density at radius 3 is 2.57 bits per heavy atom. The lowest BCUT2D eigenvalue weighted by atomic mass is 9.84. The lowest BCUT2D eigenvalue weighted by molar-refractivity contribution is 0.0999. The highest BCUT2D eigenvalue weighted by Gasteiger charge is 2.37. The Morgan fingerprint density at radius 1 is 1.14 bits per heavy atom. The highest BCUT2D eigenvalue weighted by atomic mass is 15.2. The SMILES string of the molecule is CCC(C)(C(N)Cc1ccc2c(c1)CCC2)N1CCCC1. The van der Waals surface area contributed by atoms with E-state index in [1.807, 2.05) is 0 Å². The fourth-order valence-corrected chi connectivity index (χ4v) is 4.17. The summed E-state index contributed by atoms with van der Waals surface area (Å²) < 4.78 is 0.